The average Bonchev–Trinajstić information content (AvgIpc) is 2.29. The third kappa shape index (κ3) is 3.82. The molecule has 1 aromatic heterocycles. The Kier molecular flexibility index (Phi) is 5.21. The molecule has 88 valence electrons. The largest absolute Gasteiger partial charge is 0.367 e. The SMILES string of the molecule is CCCNCCNc1nccnc1C(N)=O. The maximum Gasteiger partial charge on any atom is 0.271 e. The van der Waals surface area contributed by atoms with Crippen molar-refractivity contribution >= 4 is 11.7 Å². The molecule has 0 bridgehead atoms. The van der Waals surface area contributed by atoms with Gasteiger partial charge in [0, 0.05) is 25.5 Å². The van der Waals surface area contributed by atoms with E-state index in [2.05, 4.69) is 27.5 Å². The van der Waals surface area contributed by atoms with E-state index >= 15 is 0 Å². The summed E-state index contributed by atoms with van der Waals surface area (Å²) in [5.41, 5.74) is 5.35. The number of anilines is 1. The molecule has 0 spiro atoms. The zero-order chi connectivity index (χ0) is 11.8. The molecule has 16 heavy (non-hydrogen) atoms. The Hall–Kier alpha value is -1.69. The van der Waals surface area contributed by atoms with Crippen molar-refractivity contribution < 1.29 is 4.79 Å². The summed E-state index contributed by atoms with van der Waals surface area (Å²) in [6, 6.07) is 0. The summed E-state index contributed by atoms with van der Waals surface area (Å²) in [7, 11) is 0. The molecule has 4 N–H and O–H groups in total. The lowest BCUT2D eigenvalue weighted by molar-refractivity contribution is 0.0996. The molecule has 0 radical (unpaired) electrons. The lowest BCUT2D eigenvalue weighted by Crippen LogP contribution is -2.24. The van der Waals surface area contributed by atoms with E-state index in [1.165, 1.54) is 12.4 Å². The van der Waals surface area contributed by atoms with Gasteiger partial charge in [-0.3, -0.25) is 4.79 Å². The summed E-state index contributed by atoms with van der Waals surface area (Å²) in [6.45, 7) is 4.57. The average molecular weight is 223 g/mol. The number of hydrogen-bond donors (Lipinski definition) is 3. The van der Waals surface area contributed by atoms with Crippen molar-refractivity contribution in [3.05, 3.63) is 18.1 Å². The van der Waals surface area contributed by atoms with Crippen LogP contribution in [0.15, 0.2) is 12.4 Å². The Morgan fingerprint density at radius 2 is 2.06 bits per heavy atom. The van der Waals surface area contributed by atoms with Crippen LogP contribution in [-0.4, -0.2) is 35.5 Å². The Labute approximate surface area is 94.7 Å². The second-order valence-electron chi connectivity index (χ2n) is 3.29. The Bertz CT molecular complexity index is 342. The van der Waals surface area contributed by atoms with Crippen molar-refractivity contribution in [2.75, 3.05) is 25.0 Å². The minimum atomic E-state index is -0.572. The Morgan fingerprint density at radius 1 is 1.31 bits per heavy atom. The van der Waals surface area contributed by atoms with Crippen LogP contribution in [0.1, 0.15) is 23.8 Å². The van der Waals surface area contributed by atoms with Gasteiger partial charge in [0.15, 0.2) is 11.5 Å². The third-order valence-electron chi connectivity index (χ3n) is 1.95. The molecule has 0 aliphatic heterocycles. The molecule has 0 unspecified atom stereocenters. The monoisotopic (exact) mass is 223 g/mol. The zero-order valence-corrected chi connectivity index (χ0v) is 9.36. The van der Waals surface area contributed by atoms with Crippen LogP contribution in [0.2, 0.25) is 0 Å². The number of primary amides is 1. The Morgan fingerprint density at radius 3 is 2.75 bits per heavy atom. The highest BCUT2D eigenvalue weighted by atomic mass is 16.1. The maximum absolute atomic E-state index is 11.0. The van der Waals surface area contributed by atoms with Crippen LogP contribution in [0.25, 0.3) is 0 Å². The van der Waals surface area contributed by atoms with Gasteiger partial charge in [0.25, 0.3) is 5.91 Å². The predicted molar refractivity (Wildman–Crippen MR) is 62.2 cm³/mol. The molecule has 0 atom stereocenters. The summed E-state index contributed by atoms with van der Waals surface area (Å²) < 4.78 is 0. The quantitative estimate of drug-likeness (QED) is 0.565. The molecule has 0 aliphatic rings. The number of carbonyl (C=O) groups excluding carboxylic acids is 1. The molecule has 6 nitrogen and oxygen atoms in total. The van der Waals surface area contributed by atoms with Gasteiger partial charge in [0.1, 0.15) is 0 Å². The molecule has 1 heterocycles. The Balaban J connectivity index is 2.44. The number of aromatic nitrogens is 2. The molecule has 1 rings (SSSR count). The van der Waals surface area contributed by atoms with Gasteiger partial charge in [-0.2, -0.15) is 0 Å². The topological polar surface area (TPSA) is 92.9 Å². The highest BCUT2D eigenvalue weighted by Gasteiger charge is 2.09. The summed E-state index contributed by atoms with van der Waals surface area (Å²) in [4.78, 5) is 18.9. The van der Waals surface area contributed by atoms with Crippen LogP contribution in [0.4, 0.5) is 5.82 Å². The van der Waals surface area contributed by atoms with E-state index in [0.717, 1.165) is 19.5 Å². The number of hydrogen-bond acceptors (Lipinski definition) is 5. The standard InChI is InChI=1S/C10H17N5O/c1-2-3-12-4-5-14-10-8(9(11)16)13-6-7-15-10/h6-7,12H,2-5H2,1H3,(H2,11,16)(H,14,15). The molecule has 6 heteroatoms. The number of amides is 1. The smallest absolute Gasteiger partial charge is 0.271 e. The van der Waals surface area contributed by atoms with Gasteiger partial charge in [-0.15, -0.1) is 0 Å². The van der Waals surface area contributed by atoms with Gasteiger partial charge in [-0.25, -0.2) is 9.97 Å². The van der Waals surface area contributed by atoms with Gasteiger partial charge in [-0.05, 0) is 13.0 Å². The van der Waals surface area contributed by atoms with Gasteiger partial charge in [-0.1, -0.05) is 6.92 Å². The first kappa shape index (κ1) is 12.4. The summed E-state index contributed by atoms with van der Waals surface area (Å²) in [6.07, 6.45) is 4.06. The maximum atomic E-state index is 11.0. The highest BCUT2D eigenvalue weighted by molar-refractivity contribution is 5.95. The number of nitrogens with one attached hydrogen (secondary N) is 2. The van der Waals surface area contributed by atoms with Crippen LogP contribution >= 0.6 is 0 Å². The number of nitrogens with two attached hydrogens (primary N) is 1. The molecule has 0 saturated carbocycles. The van der Waals surface area contributed by atoms with E-state index in [4.69, 9.17) is 5.73 Å². The highest BCUT2D eigenvalue weighted by Crippen LogP contribution is 2.05. The van der Waals surface area contributed by atoms with Crippen molar-refractivity contribution in [3.63, 3.8) is 0 Å². The first-order valence-electron chi connectivity index (χ1n) is 5.31. The minimum absolute atomic E-state index is 0.179. The molecular formula is C10H17N5O. The van der Waals surface area contributed by atoms with Crippen molar-refractivity contribution in [1.82, 2.24) is 15.3 Å². The lowest BCUT2D eigenvalue weighted by Gasteiger charge is -2.08. The van der Waals surface area contributed by atoms with Crippen LogP contribution in [0, 0.1) is 0 Å². The van der Waals surface area contributed by atoms with E-state index in [-0.39, 0.29) is 5.69 Å². The molecule has 1 aromatic rings. The van der Waals surface area contributed by atoms with Gasteiger partial charge in [0.05, 0.1) is 0 Å². The predicted octanol–water partition coefficient (Wildman–Crippen LogP) is -0.0130. The van der Waals surface area contributed by atoms with E-state index in [1.807, 2.05) is 0 Å². The van der Waals surface area contributed by atoms with Gasteiger partial charge < -0.3 is 16.4 Å². The second-order valence-corrected chi connectivity index (χ2v) is 3.29. The van der Waals surface area contributed by atoms with Crippen molar-refractivity contribution in [2.24, 2.45) is 5.73 Å². The molecule has 1 amide bonds. The second kappa shape index (κ2) is 6.73. The van der Waals surface area contributed by atoms with Gasteiger partial charge >= 0.3 is 0 Å². The fraction of sp³-hybridized carbons (Fsp3) is 0.500. The molecule has 0 fully saturated rings. The van der Waals surface area contributed by atoms with Crippen molar-refractivity contribution in [1.29, 1.82) is 0 Å². The number of nitrogens with zero attached hydrogens (tertiary/aromatic N) is 2. The fourth-order valence-corrected chi connectivity index (χ4v) is 1.22. The molecular weight excluding hydrogens is 206 g/mol. The van der Waals surface area contributed by atoms with Crippen LogP contribution in [0.5, 0.6) is 0 Å². The van der Waals surface area contributed by atoms with E-state index in [1.54, 1.807) is 0 Å². The number of carbonyl (C=O) groups is 1. The molecule has 0 aliphatic carbocycles. The van der Waals surface area contributed by atoms with Crippen LogP contribution in [0.3, 0.4) is 0 Å². The summed E-state index contributed by atoms with van der Waals surface area (Å²) in [5, 5.41) is 6.24. The lowest BCUT2D eigenvalue weighted by atomic mass is 10.4. The zero-order valence-electron chi connectivity index (χ0n) is 9.36. The first-order valence-corrected chi connectivity index (χ1v) is 5.31. The summed E-state index contributed by atoms with van der Waals surface area (Å²) >= 11 is 0. The summed E-state index contributed by atoms with van der Waals surface area (Å²) in [5.74, 6) is -0.134. The first-order chi connectivity index (χ1) is 7.75. The van der Waals surface area contributed by atoms with Crippen molar-refractivity contribution in [3.8, 4) is 0 Å². The van der Waals surface area contributed by atoms with E-state index in [9.17, 15) is 4.79 Å². The minimum Gasteiger partial charge on any atom is -0.367 e. The molecule has 0 aromatic carbocycles. The van der Waals surface area contributed by atoms with Crippen LogP contribution < -0.4 is 16.4 Å². The van der Waals surface area contributed by atoms with Crippen molar-refractivity contribution in [2.45, 2.75) is 13.3 Å². The van der Waals surface area contributed by atoms with E-state index in [0.29, 0.717) is 12.4 Å². The normalized spacial score (nSPS) is 10.1. The van der Waals surface area contributed by atoms with Gasteiger partial charge in [0.2, 0.25) is 0 Å². The van der Waals surface area contributed by atoms with E-state index < -0.39 is 5.91 Å². The number of rotatable bonds is 7. The molecule has 0 saturated heterocycles. The fourth-order valence-electron chi connectivity index (χ4n) is 1.22. The third-order valence-corrected chi connectivity index (χ3v) is 1.95. The van der Waals surface area contributed by atoms with Crippen LogP contribution in [-0.2, 0) is 0 Å².